The molecule has 0 rings (SSSR count). The number of nitrogens with one attached hydrogen (secondary N) is 1. The lowest BCUT2D eigenvalue weighted by atomic mass is 10.4. The number of carbonyl (C=O) groups is 2. The van der Waals surface area contributed by atoms with E-state index in [2.05, 4.69) is 5.32 Å². The van der Waals surface area contributed by atoms with E-state index in [0.29, 0.717) is 0 Å². The summed E-state index contributed by atoms with van der Waals surface area (Å²) in [4.78, 5) is 28.3. The Morgan fingerprint density at radius 1 is 1.54 bits per heavy atom. The molecule has 0 aromatic carbocycles. The third-order valence-corrected chi connectivity index (χ3v) is 0.713. The summed E-state index contributed by atoms with van der Waals surface area (Å²) >= 11 is 0. The van der Waals surface area contributed by atoms with E-state index in [1.807, 2.05) is 0 Å². The van der Waals surface area contributed by atoms with Crippen molar-refractivity contribution in [1.82, 2.24) is 5.32 Å². The highest BCUT2D eigenvalue weighted by atomic mass is 16.9. The van der Waals surface area contributed by atoms with Crippen LogP contribution >= 0.6 is 0 Å². The van der Waals surface area contributed by atoms with Gasteiger partial charge in [-0.05, 0) is 0 Å². The molecule has 13 heavy (non-hydrogen) atoms. The average Bonchev–Trinajstić information content (AvgIpc) is 1.83. The molecule has 0 atom stereocenters. The molecule has 0 aromatic heterocycles. The van der Waals surface area contributed by atoms with Gasteiger partial charge >= 0.3 is 5.97 Å². The highest BCUT2D eigenvalue weighted by Crippen LogP contribution is 1.73. The van der Waals surface area contributed by atoms with E-state index in [0.717, 1.165) is 0 Å². The van der Waals surface area contributed by atoms with Crippen molar-refractivity contribution in [2.75, 3.05) is 6.54 Å². The van der Waals surface area contributed by atoms with E-state index < -0.39 is 11.1 Å². The van der Waals surface area contributed by atoms with Crippen LogP contribution in [0.1, 0.15) is 13.3 Å². The molecule has 8 nitrogen and oxygen atoms in total. The Bertz CT molecular complexity index is 173. The number of carboxylic acids is 1. The molecular weight excluding hydrogens is 184 g/mol. The standard InChI is InChI=1S/C5H9NO3.HNO3/c1-4(7)6-3-2-5(8)9;2-1(3)4/h2-3H2,1H3,(H,6,7)(H,8,9);(H,2,3,4). The summed E-state index contributed by atoms with van der Waals surface area (Å²) in [6.07, 6.45) is -0.0143. The van der Waals surface area contributed by atoms with Gasteiger partial charge in [0, 0.05) is 13.5 Å². The maximum absolute atomic E-state index is 10.1. The van der Waals surface area contributed by atoms with Crippen LogP contribution in [0.2, 0.25) is 0 Å². The second-order valence-corrected chi connectivity index (χ2v) is 1.86. The number of carbonyl (C=O) groups excluding carboxylic acids is 1. The highest BCUT2D eigenvalue weighted by Gasteiger charge is 1.95. The number of nitrogens with zero attached hydrogens (tertiary/aromatic N) is 1. The first-order valence-electron chi connectivity index (χ1n) is 3.15. The minimum absolute atomic E-state index is 0.0143. The molecular formula is C5H10N2O6. The second kappa shape index (κ2) is 8.24. The Morgan fingerprint density at radius 3 is 2.15 bits per heavy atom. The molecule has 8 heteroatoms. The molecule has 0 fully saturated rings. The van der Waals surface area contributed by atoms with Crippen LogP contribution in [0.4, 0.5) is 0 Å². The van der Waals surface area contributed by atoms with E-state index in [4.69, 9.17) is 20.4 Å². The van der Waals surface area contributed by atoms with Crippen molar-refractivity contribution in [2.24, 2.45) is 0 Å². The van der Waals surface area contributed by atoms with Crippen molar-refractivity contribution >= 4 is 11.9 Å². The van der Waals surface area contributed by atoms with E-state index in [1.54, 1.807) is 0 Å². The van der Waals surface area contributed by atoms with Crippen molar-refractivity contribution < 1.29 is 25.0 Å². The van der Waals surface area contributed by atoms with Crippen LogP contribution in [-0.2, 0) is 9.59 Å². The van der Waals surface area contributed by atoms with Crippen LogP contribution in [-0.4, -0.2) is 33.8 Å². The lowest BCUT2D eigenvalue weighted by molar-refractivity contribution is -0.742. The Morgan fingerprint density at radius 2 is 1.92 bits per heavy atom. The fourth-order valence-electron chi connectivity index (χ4n) is 0.345. The fraction of sp³-hybridized carbons (Fsp3) is 0.600. The van der Waals surface area contributed by atoms with E-state index in [-0.39, 0.29) is 18.9 Å². The van der Waals surface area contributed by atoms with E-state index in [1.165, 1.54) is 6.92 Å². The maximum Gasteiger partial charge on any atom is 0.305 e. The van der Waals surface area contributed by atoms with Gasteiger partial charge in [0.15, 0.2) is 0 Å². The molecule has 0 radical (unpaired) electrons. The predicted octanol–water partition coefficient (Wildman–Crippen LogP) is -0.750. The van der Waals surface area contributed by atoms with Gasteiger partial charge in [-0.2, -0.15) is 0 Å². The fourth-order valence-corrected chi connectivity index (χ4v) is 0.345. The zero-order valence-electron chi connectivity index (χ0n) is 6.89. The zero-order valence-corrected chi connectivity index (χ0v) is 6.89. The van der Waals surface area contributed by atoms with E-state index >= 15 is 0 Å². The lowest BCUT2D eigenvalue weighted by Crippen LogP contribution is -2.22. The van der Waals surface area contributed by atoms with Crippen LogP contribution in [0, 0.1) is 10.1 Å². The summed E-state index contributed by atoms with van der Waals surface area (Å²) < 4.78 is 0. The lowest BCUT2D eigenvalue weighted by Gasteiger charge is -1.95. The monoisotopic (exact) mass is 194 g/mol. The first-order valence-corrected chi connectivity index (χ1v) is 3.15. The van der Waals surface area contributed by atoms with Crippen LogP contribution < -0.4 is 5.32 Å². The molecule has 0 aliphatic rings. The van der Waals surface area contributed by atoms with Crippen molar-refractivity contribution in [3.8, 4) is 0 Å². The zero-order chi connectivity index (χ0) is 10.9. The third kappa shape index (κ3) is 39.2. The van der Waals surface area contributed by atoms with Crippen molar-refractivity contribution in [3.63, 3.8) is 0 Å². The molecule has 0 heterocycles. The van der Waals surface area contributed by atoms with E-state index in [9.17, 15) is 9.59 Å². The molecule has 0 saturated carbocycles. The number of hydrogen-bond acceptors (Lipinski definition) is 4. The summed E-state index contributed by atoms with van der Waals surface area (Å²) in [5.41, 5.74) is 0. The first-order chi connectivity index (χ1) is 5.86. The van der Waals surface area contributed by atoms with Gasteiger partial charge in [0.05, 0.1) is 6.42 Å². The van der Waals surface area contributed by atoms with Gasteiger partial charge < -0.3 is 15.6 Å². The van der Waals surface area contributed by atoms with Gasteiger partial charge in [0.1, 0.15) is 0 Å². The Kier molecular flexibility index (Phi) is 8.69. The topological polar surface area (TPSA) is 130 Å². The minimum atomic E-state index is -1.50. The maximum atomic E-state index is 10.1. The minimum Gasteiger partial charge on any atom is -0.481 e. The predicted molar refractivity (Wildman–Crippen MR) is 39.7 cm³/mol. The van der Waals surface area contributed by atoms with Crippen LogP contribution in [0.15, 0.2) is 0 Å². The van der Waals surface area contributed by atoms with Crippen molar-refractivity contribution in [2.45, 2.75) is 13.3 Å². The van der Waals surface area contributed by atoms with Crippen molar-refractivity contribution in [1.29, 1.82) is 0 Å². The number of amides is 1. The molecule has 0 aliphatic carbocycles. The molecule has 0 aliphatic heterocycles. The molecule has 0 bridgehead atoms. The second-order valence-electron chi connectivity index (χ2n) is 1.86. The molecule has 0 spiro atoms. The summed E-state index contributed by atoms with van der Waals surface area (Å²) in [7, 11) is 0. The smallest absolute Gasteiger partial charge is 0.305 e. The molecule has 76 valence electrons. The van der Waals surface area contributed by atoms with Gasteiger partial charge in [-0.3, -0.25) is 9.59 Å². The summed E-state index contributed by atoms with van der Waals surface area (Å²) in [5, 5.41) is 24.1. The number of aliphatic carboxylic acids is 1. The highest BCUT2D eigenvalue weighted by molar-refractivity contribution is 5.74. The number of carboxylic acid groups (broad SMARTS) is 1. The van der Waals surface area contributed by atoms with Gasteiger partial charge in [-0.1, -0.05) is 0 Å². The number of rotatable bonds is 3. The summed E-state index contributed by atoms with van der Waals surface area (Å²) in [6, 6.07) is 0. The normalized spacial score (nSPS) is 7.77. The summed E-state index contributed by atoms with van der Waals surface area (Å²) in [5.74, 6) is -1.10. The average molecular weight is 194 g/mol. The van der Waals surface area contributed by atoms with Crippen molar-refractivity contribution in [3.05, 3.63) is 10.1 Å². The largest absolute Gasteiger partial charge is 0.481 e. The van der Waals surface area contributed by atoms with Crippen LogP contribution in [0.25, 0.3) is 0 Å². The van der Waals surface area contributed by atoms with Crippen LogP contribution in [0.5, 0.6) is 0 Å². The number of hydrogen-bond donors (Lipinski definition) is 3. The van der Waals surface area contributed by atoms with Gasteiger partial charge in [-0.15, -0.1) is 10.1 Å². The molecule has 0 unspecified atom stereocenters. The van der Waals surface area contributed by atoms with Gasteiger partial charge in [0.2, 0.25) is 5.91 Å². The Balaban J connectivity index is 0. The SMILES string of the molecule is CC(=O)NCCC(=O)O.O=[N+]([O-])O. The summed E-state index contributed by atoms with van der Waals surface area (Å²) in [6.45, 7) is 1.56. The molecule has 0 aromatic rings. The van der Waals surface area contributed by atoms with Gasteiger partial charge in [-0.25, -0.2) is 0 Å². The first kappa shape index (κ1) is 13.7. The Labute approximate surface area is 73.3 Å². The quantitative estimate of drug-likeness (QED) is 0.400. The third-order valence-electron chi connectivity index (χ3n) is 0.713. The van der Waals surface area contributed by atoms with Gasteiger partial charge in [0.25, 0.3) is 5.09 Å². The molecule has 0 saturated heterocycles. The molecule has 1 amide bonds. The van der Waals surface area contributed by atoms with Crippen LogP contribution in [0.3, 0.4) is 0 Å². The Hall–Kier alpha value is -1.86. The molecule has 3 N–H and O–H groups in total.